The highest BCUT2D eigenvalue weighted by atomic mass is 127. The molecule has 144 valence electrons. The summed E-state index contributed by atoms with van der Waals surface area (Å²) in [6, 6.07) is 4.06. The summed E-state index contributed by atoms with van der Waals surface area (Å²) >= 11 is 0. The van der Waals surface area contributed by atoms with E-state index in [9.17, 15) is 0 Å². The van der Waals surface area contributed by atoms with Crippen molar-refractivity contribution in [2.75, 3.05) is 54.1 Å². The Balaban J connectivity index is 0.00000312. The Kier molecular flexibility index (Phi) is 11.1. The van der Waals surface area contributed by atoms with Gasteiger partial charge in [0.25, 0.3) is 0 Å². The first-order valence-corrected chi connectivity index (χ1v) is 8.54. The van der Waals surface area contributed by atoms with Gasteiger partial charge in [-0.1, -0.05) is 0 Å². The molecular weight excluding hydrogens is 435 g/mol. The van der Waals surface area contributed by atoms with Crippen molar-refractivity contribution in [2.24, 2.45) is 4.99 Å². The van der Waals surface area contributed by atoms with Gasteiger partial charge in [-0.3, -0.25) is 9.89 Å². The molecule has 2 atom stereocenters. The van der Waals surface area contributed by atoms with Crippen molar-refractivity contribution in [2.45, 2.75) is 25.0 Å². The van der Waals surface area contributed by atoms with E-state index < -0.39 is 0 Å². The lowest BCUT2D eigenvalue weighted by Gasteiger charge is -2.23. The van der Waals surface area contributed by atoms with Gasteiger partial charge in [0.05, 0.1) is 25.0 Å². The second kappa shape index (κ2) is 12.5. The molecule has 0 amide bonds. The van der Waals surface area contributed by atoms with Gasteiger partial charge in [0.1, 0.15) is 5.76 Å². The molecule has 1 saturated heterocycles. The normalized spacial score (nSPS) is 18.9. The van der Waals surface area contributed by atoms with Crippen LogP contribution in [-0.2, 0) is 9.47 Å². The molecule has 0 saturated carbocycles. The molecular formula is C17H31IN4O3. The van der Waals surface area contributed by atoms with E-state index in [1.807, 2.05) is 26.2 Å². The van der Waals surface area contributed by atoms with Crippen LogP contribution < -0.4 is 10.6 Å². The van der Waals surface area contributed by atoms with Gasteiger partial charge in [0.15, 0.2) is 5.96 Å². The molecule has 0 radical (unpaired) electrons. The molecule has 0 spiro atoms. The Morgan fingerprint density at radius 3 is 2.88 bits per heavy atom. The number of aliphatic imine (C=N–C) groups is 1. The third-order valence-corrected chi connectivity index (χ3v) is 4.04. The van der Waals surface area contributed by atoms with Gasteiger partial charge in [-0.15, -0.1) is 24.0 Å². The quantitative estimate of drug-likeness (QED) is 0.251. The van der Waals surface area contributed by atoms with Crippen molar-refractivity contribution in [3.8, 4) is 0 Å². The summed E-state index contributed by atoms with van der Waals surface area (Å²) < 4.78 is 16.6. The third kappa shape index (κ3) is 7.93. The predicted molar refractivity (Wildman–Crippen MR) is 110 cm³/mol. The number of ether oxygens (including phenoxy) is 2. The lowest BCUT2D eigenvalue weighted by molar-refractivity contribution is 0.0420. The van der Waals surface area contributed by atoms with Gasteiger partial charge in [0, 0.05) is 33.4 Å². The van der Waals surface area contributed by atoms with Gasteiger partial charge >= 0.3 is 0 Å². The minimum Gasteiger partial charge on any atom is -0.468 e. The molecule has 0 aliphatic carbocycles. The summed E-state index contributed by atoms with van der Waals surface area (Å²) in [7, 11) is 5.85. The maximum Gasteiger partial charge on any atom is 0.191 e. The first kappa shape index (κ1) is 22.2. The maximum absolute atomic E-state index is 5.75. The Hall–Kier alpha value is -0.840. The molecule has 7 nitrogen and oxygen atoms in total. The molecule has 2 rings (SSSR count). The van der Waals surface area contributed by atoms with Gasteiger partial charge in [-0.2, -0.15) is 0 Å². The standard InChI is InChI=1S/C17H30N4O3.HI/c1-18-17(19-8-5-10-23-14-7-11-22-13-14)20-12-15(21(2)3)16-6-4-9-24-16;/h4,6,9,14-15H,5,7-8,10-13H2,1-3H3,(H2,18,19,20);1H. The molecule has 1 aliphatic rings. The molecule has 1 fully saturated rings. The van der Waals surface area contributed by atoms with Crippen LogP contribution in [0.15, 0.2) is 27.8 Å². The van der Waals surface area contributed by atoms with Crippen LogP contribution in [0.4, 0.5) is 0 Å². The SMILES string of the molecule is CN=C(NCCCOC1CCOC1)NCC(c1ccco1)N(C)C.I. The highest BCUT2D eigenvalue weighted by Crippen LogP contribution is 2.17. The van der Waals surface area contributed by atoms with Crippen molar-refractivity contribution < 1.29 is 13.9 Å². The van der Waals surface area contributed by atoms with Crippen LogP contribution in [-0.4, -0.2) is 71.0 Å². The van der Waals surface area contributed by atoms with E-state index >= 15 is 0 Å². The van der Waals surface area contributed by atoms with Crippen LogP contribution in [0.2, 0.25) is 0 Å². The van der Waals surface area contributed by atoms with Gasteiger partial charge in [0.2, 0.25) is 0 Å². The van der Waals surface area contributed by atoms with Crippen LogP contribution in [0.3, 0.4) is 0 Å². The van der Waals surface area contributed by atoms with Crippen LogP contribution in [0.5, 0.6) is 0 Å². The Morgan fingerprint density at radius 1 is 1.44 bits per heavy atom. The predicted octanol–water partition coefficient (Wildman–Crippen LogP) is 1.86. The highest BCUT2D eigenvalue weighted by molar-refractivity contribution is 14.0. The number of furan rings is 1. The van der Waals surface area contributed by atoms with E-state index in [2.05, 4.69) is 20.5 Å². The molecule has 0 bridgehead atoms. The third-order valence-electron chi connectivity index (χ3n) is 4.04. The molecule has 1 aromatic heterocycles. The fourth-order valence-corrected chi connectivity index (χ4v) is 2.61. The maximum atomic E-state index is 5.75. The Bertz CT molecular complexity index is 476. The van der Waals surface area contributed by atoms with Gasteiger partial charge in [-0.25, -0.2) is 0 Å². The van der Waals surface area contributed by atoms with Crippen molar-refractivity contribution in [1.82, 2.24) is 15.5 Å². The van der Waals surface area contributed by atoms with Crippen molar-refractivity contribution >= 4 is 29.9 Å². The monoisotopic (exact) mass is 466 g/mol. The van der Waals surface area contributed by atoms with Gasteiger partial charge < -0.3 is 24.5 Å². The number of halogens is 1. The minimum atomic E-state index is 0. The summed E-state index contributed by atoms with van der Waals surface area (Å²) in [5.41, 5.74) is 0. The Labute approximate surface area is 167 Å². The Morgan fingerprint density at radius 2 is 2.28 bits per heavy atom. The molecule has 2 unspecified atom stereocenters. The fraction of sp³-hybridized carbons (Fsp3) is 0.706. The number of nitrogens with zero attached hydrogens (tertiary/aromatic N) is 2. The molecule has 2 N–H and O–H groups in total. The van der Waals surface area contributed by atoms with E-state index in [0.29, 0.717) is 0 Å². The average Bonchev–Trinajstić information content (AvgIpc) is 3.26. The molecule has 25 heavy (non-hydrogen) atoms. The lowest BCUT2D eigenvalue weighted by Crippen LogP contribution is -2.42. The molecule has 1 aliphatic heterocycles. The zero-order chi connectivity index (χ0) is 17.2. The van der Waals surface area contributed by atoms with E-state index in [-0.39, 0.29) is 36.1 Å². The zero-order valence-corrected chi connectivity index (χ0v) is 17.7. The van der Waals surface area contributed by atoms with Crippen molar-refractivity contribution in [3.05, 3.63) is 24.2 Å². The van der Waals surface area contributed by atoms with Crippen LogP contribution in [0.1, 0.15) is 24.6 Å². The van der Waals surface area contributed by atoms with E-state index in [1.165, 1.54) is 0 Å². The largest absolute Gasteiger partial charge is 0.468 e. The van der Waals surface area contributed by atoms with Crippen LogP contribution in [0.25, 0.3) is 0 Å². The van der Waals surface area contributed by atoms with Crippen molar-refractivity contribution in [3.63, 3.8) is 0 Å². The minimum absolute atomic E-state index is 0. The first-order chi connectivity index (χ1) is 11.7. The van der Waals surface area contributed by atoms with Crippen LogP contribution >= 0.6 is 24.0 Å². The number of hydrogen-bond donors (Lipinski definition) is 2. The highest BCUT2D eigenvalue weighted by Gasteiger charge is 2.17. The molecule has 1 aromatic rings. The zero-order valence-electron chi connectivity index (χ0n) is 15.4. The average molecular weight is 466 g/mol. The number of hydrogen-bond acceptors (Lipinski definition) is 5. The molecule has 2 heterocycles. The topological polar surface area (TPSA) is 71.3 Å². The summed E-state index contributed by atoms with van der Waals surface area (Å²) in [6.07, 6.45) is 3.92. The fourth-order valence-electron chi connectivity index (χ4n) is 2.61. The smallest absolute Gasteiger partial charge is 0.191 e. The van der Waals surface area contributed by atoms with Crippen molar-refractivity contribution in [1.29, 1.82) is 0 Å². The van der Waals surface area contributed by atoms with Gasteiger partial charge in [-0.05, 0) is 39.1 Å². The molecule has 0 aromatic carbocycles. The number of rotatable bonds is 9. The van der Waals surface area contributed by atoms with E-state index in [1.54, 1.807) is 13.3 Å². The van der Waals surface area contributed by atoms with E-state index in [4.69, 9.17) is 13.9 Å². The second-order valence-electron chi connectivity index (χ2n) is 6.08. The summed E-state index contributed by atoms with van der Waals surface area (Å²) in [6.45, 7) is 3.83. The summed E-state index contributed by atoms with van der Waals surface area (Å²) in [4.78, 5) is 6.38. The number of nitrogens with one attached hydrogen (secondary N) is 2. The first-order valence-electron chi connectivity index (χ1n) is 8.54. The number of likely N-dealkylation sites (N-methyl/N-ethyl adjacent to an activating group) is 1. The summed E-state index contributed by atoms with van der Waals surface area (Å²) in [5, 5.41) is 6.66. The van der Waals surface area contributed by atoms with E-state index in [0.717, 1.165) is 57.5 Å². The second-order valence-corrected chi connectivity index (χ2v) is 6.08. The summed E-state index contributed by atoms with van der Waals surface area (Å²) in [5.74, 6) is 1.73. The molecule has 8 heteroatoms. The number of guanidine groups is 1. The lowest BCUT2D eigenvalue weighted by atomic mass is 10.2. The van der Waals surface area contributed by atoms with Crippen LogP contribution in [0, 0.1) is 0 Å².